The predicted molar refractivity (Wildman–Crippen MR) is 109 cm³/mol. The largest absolute Gasteiger partial charge is 0.508 e. The predicted octanol–water partition coefficient (Wildman–Crippen LogP) is 4.77. The standard InChI is InChI=1S/C23H17N3O2/c27-19-13-11-17(12-14-19)21-22(26-23(28)18-9-5-2-6-10-18)24-15-20(25-21)16-7-3-1-4-8-16/h1-15,27H,(H,24,26,28). The molecule has 1 aromatic heterocycles. The molecule has 1 heterocycles. The van der Waals surface area contributed by atoms with Crippen molar-refractivity contribution < 1.29 is 9.90 Å². The summed E-state index contributed by atoms with van der Waals surface area (Å²) in [5.41, 5.74) is 3.43. The number of phenolic OH excluding ortho intramolecular Hbond substituents is 1. The zero-order valence-corrected chi connectivity index (χ0v) is 14.9. The number of aromatic hydroxyl groups is 1. The first kappa shape index (κ1) is 17.4. The second-order valence-electron chi connectivity index (χ2n) is 6.19. The van der Waals surface area contributed by atoms with Gasteiger partial charge in [0.1, 0.15) is 11.4 Å². The number of hydrogen-bond donors (Lipinski definition) is 2. The highest BCUT2D eigenvalue weighted by Gasteiger charge is 2.15. The van der Waals surface area contributed by atoms with Crippen LogP contribution in [0.1, 0.15) is 10.4 Å². The number of benzene rings is 3. The quantitative estimate of drug-likeness (QED) is 0.545. The molecule has 3 aromatic carbocycles. The van der Waals surface area contributed by atoms with Crippen molar-refractivity contribution in [3.63, 3.8) is 0 Å². The molecular weight excluding hydrogens is 350 g/mol. The lowest BCUT2D eigenvalue weighted by Crippen LogP contribution is -2.14. The third kappa shape index (κ3) is 3.73. The number of rotatable bonds is 4. The van der Waals surface area contributed by atoms with E-state index in [1.807, 2.05) is 36.4 Å². The van der Waals surface area contributed by atoms with Crippen LogP contribution in [0.2, 0.25) is 0 Å². The molecule has 4 aromatic rings. The molecule has 1 amide bonds. The molecule has 0 spiro atoms. The first-order valence-corrected chi connectivity index (χ1v) is 8.79. The lowest BCUT2D eigenvalue weighted by atomic mass is 10.1. The summed E-state index contributed by atoms with van der Waals surface area (Å²) in [6.07, 6.45) is 1.64. The summed E-state index contributed by atoms with van der Waals surface area (Å²) in [6.45, 7) is 0. The summed E-state index contributed by atoms with van der Waals surface area (Å²) in [5.74, 6) is 0.257. The van der Waals surface area contributed by atoms with Crippen LogP contribution in [0.4, 0.5) is 5.82 Å². The average molecular weight is 367 g/mol. The van der Waals surface area contributed by atoms with Crippen LogP contribution in [-0.4, -0.2) is 21.0 Å². The molecule has 0 aliphatic heterocycles. The zero-order chi connectivity index (χ0) is 19.3. The fourth-order valence-electron chi connectivity index (χ4n) is 2.82. The fraction of sp³-hybridized carbons (Fsp3) is 0. The normalized spacial score (nSPS) is 10.4. The van der Waals surface area contributed by atoms with E-state index in [9.17, 15) is 9.90 Å². The van der Waals surface area contributed by atoms with E-state index in [-0.39, 0.29) is 11.7 Å². The number of nitrogens with one attached hydrogen (secondary N) is 1. The molecule has 0 saturated heterocycles. The van der Waals surface area contributed by atoms with E-state index in [1.165, 1.54) is 0 Å². The molecule has 5 nitrogen and oxygen atoms in total. The molecule has 5 heteroatoms. The molecule has 4 rings (SSSR count). The molecule has 0 aliphatic carbocycles. The maximum atomic E-state index is 12.6. The van der Waals surface area contributed by atoms with Gasteiger partial charge in [0.05, 0.1) is 11.9 Å². The lowest BCUT2D eigenvalue weighted by molar-refractivity contribution is 0.102. The molecule has 136 valence electrons. The van der Waals surface area contributed by atoms with Crippen LogP contribution in [0.25, 0.3) is 22.5 Å². The number of nitrogens with zero attached hydrogens (tertiary/aromatic N) is 2. The van der Waals surface area contributed by atoms with Crippen LogP contribution in [-0.2, 0) is 0 Å². The van der Waals surface area contributed by atoms with Crippen LogP contribution < -0.4 is 5.32 Å². The first-order chi connectivity index (χ1) is 13.7. The minimum atomic E-state index is -0.262. The Labute approximate surface area is 162 Å². The minimum Gasteiger partial charge on any atom is -0.508 e. The van der Waals surface area contributed by atoms with Gasteiger partial charge in [-0.15, -0.1) is 0 Å². The topological polar surface area (TPSA) is 75.1 Å². The van der Waals surface area contributed by atoms with Crippen LogP contribution in [0, 0.1) is 0 Å². The fourth-order valence-corrected chi connectivity index (χ4v) is 2.82. The van der Waals surface area contributed by atoms with Gasteiger partial charge in [-0.05, 0) is 36.4 Å². The molecule has 0 fully saturated rings. The van der Waals surface area contributed by atoms with Gasteiger partial charge in [-0.3, -0.25) is 4.79 Å². The molecule has 0 unspecified atom stereocenters. The Morgan fingerprint density at radius 1 is 0.786 bits per heavy atom. The molecule has 0 saturated carbocycles. The van der Waals surface area contributed by atoms with Crippen molar-refractivity contribution in [1.29, 1.82) is 0 Å². The Morgan fingerprint density at radius 3 is 2.11 bits per heavy atom. The number of carbonyl (C=O) groups is 1. The van der Waals surface area contributed by atoms with Gasteiger partial charge >= 0.3 is 0 Å². The number of amides is 1. The van der Waals surface area contributed by atoms with E-state index in [4.69, 9.17) is 4.98 Å². The highest BCUT2D eigenvalue weighted by Crippen LogP contribution is 2.29. The van der Waals surface area contributed by atoms with Crippen molar-refractivity contribution in [2.45, 2.75) is 0 Å². The zero-order valence-electron chi connectivity index (χ0n) is 14.9. The molecular formula is C23H17N3O2. The van der Waals surface area contributed by atoms with Crippen molar-refractivity contribution in [2.75, 3.05) is 5.32 Å². The summed E-state index contributed by atoms with van der Waals surface area (Å²) in [6, 6.07) is 25.3. The summed E-state index contributed by atoms with van der Waals surface area (Å²) < 4.78 is 0. The van der Waals surface area contributed by atoms with Gasteiger partial charge in [0.2, 0.25) is 0 Å². The molecule has 0 aliphatic rings. The second kappa shape index (κ2) is 7.72. The van der Waals surface area contributed by atoms with E-state index in [0.29, 0.717) is 22.8 Å². The number of aromatic nitrogens is 2. The van der Waals surface area contributed by atoms with Crippen LogP contribution in [0.15, 0.2) is 91.1 Å². The SMILES string of the molecule is O=C(Nc1ncc(-c2ccccc2)nc1-c1ccc(O)cc1)c1ccccc1. The Hall–Kier alpha value is -3.99. The van der Waals surface area contributed by atoms with Gasteiger partial charge in [-0.25, -0.2) is 9.97 Å². The van der Waals surface area contributed by atoms with Gasteiger partial charge in [0.25, 0.3) is 5.91 Å². The van der Waals surface area contributed by atoms with Gasteiger partial charge in [-0.1, -0.05) is 48.5 Å². The third-order valence-corrected chi connectivity index (χ3v) is 4.25. The van der Waals surface area contributed by atoms with Gasteiger partial charge < -0.3 is 10.4 Å². The number of hydrogen-bond acceptors (Lipinski definition) is 4. The van der Waals surface area contributed by atoms with Crippen molar-refractivity contribution >= 4 is 11.7 Å². The van der Waals surface area contributed by atoms with E-state index >= 15 is 0 Å². The average Bonchev–Trinajstić information content (AvgIpc) is 2.76. The Bertz CT molecular complexity index is 1100. The number of carbonyl (C=O) groups excluding carboxylic acids is 1. The summed E-state index contributed by atoms with van der Waals surface area (Å²) in [7, 11) is 0. The van der Waals surface area contributed by atoms with Gasteiger partial charge in [-0.2, -0.15) is 0 Å². The highest BCUT2D eigenvalue weighted by molar-refractivity contribution is 6.05. The molecule has 28 heavy (non-hydrogen) atoms. The van der Waals surface area contributed by atoms with Crippen LogP contribution in [0.5, 0.6) is 5.75 Å². The van der Waals surface area contributed by atoms with Crippen molar-refractivity contribution in [1.82, 2.24) is 9.97 Å². The molecule has 0 radical (unpaired) electrons. The third-order valence-electron chi connectivity index (χ3n) is 4.25. The highest BCUT2D eigenvalue weighted by atomic mass is 16.3. The maximum Gasteiger partial charge on any atom is 0.256 e. The first-order valence-electron chi connectivity index (χ1n) is 8.79. The Morgan fingerprint density at radius 2 is 1.43 bits per heavy atom. The van der Waals surface area contributed by atoms with Gasteiger partial charge in [0.15, 0.2) is 5.82 Å². The monoisotopic (exact) mass is 367 g/mol. The van der Waals surface area contributed by atoms with E-state index in [1.54, 1.807) is 54.7 Å². The number of anilines is 1. The molecule has 0 atom stereocenters. The van der Waals surface area contributed by atoms with Crippen LogP contribution in [0.3, 0.4) is 0 Å². The summed E-state index contributed by atoms with van der Waals surface area (Å²) >= 11 is 0. The second-order valence-corrected chi connectivity index (χ2v) is 6.19. The van der Waals surface area contributed by atoms with E-state index < -0.39 is 0 Å². The van der Waals surface area contributed by atoms with Crippen LogP contribution >= 0.6 is 0 Å². The molecule has 0 bridgehead atoms. The van der Waals surface area contributed by atoms with Gasteiger partial charge in [0, 0.05) is 16.7 Å². The van der Waals surface area contributed by atoms with E-state index in [0.717, 1.165) is 11.1 Å². The minimum absolute atomic E-state index is 0.158. The smallest absolute Gasteiger partial charge is 0.256 e. The van der Waals surface area contributed by atoms with Crippen molar-refractivity contribution in [2.24, 2.45) is 0 Å². The summed E-state index contributed by atoms with van der Waals surface area (Å²) in [5, 5.41) is 12.4. The summed E-state index contributed by atoms with van der Waals surface area (Å²) in [4.78, 5) is 21.8. The van der Waals surface area contributed by atoms with Crippen molar-refractivity contribution in [3.8, 4) is 28.3 Å². The Kier molecular flexibility index (Phi) is 4.80. The van der Waals surface area contributed by atoms with E-state index in [2.05, 4.69) is 10.3 Å². The maximum absolute atomic E-state index is 12.6. The molecule has 2 N–H and O–H groups in total. The Balaban J connectivity index is 1.76. The lowest BCUT2D eigenvalue weighted by Gasteiger charge is -2.12. The number of phenols is 1. The van der Waals surface area contributed by atoms with Crippen molar-refractivity contribution in [3.05, 3.63) is 96.7 Å².